The van der Waals surface area contributed by atoms with Gasteiger partial charge < -0.3 is 19.9 Å². The van der Waals surface area contributed by atoms with Gasteiger partial charge in [-0.05, 0) is 42.8 Å². The van der Waals surface area contributed by atoms with Gasteiger partial charge in [0.15, 0.2) is 5.82 Å². The average molecular weight is 499 g/mol. The topological polar surface area (TPSA) is 81.5 Å². The van der Waals surface area contributed by atoms with Gasteiger partial charge in [-0.25, -0.2) is 14.2 Å². The summed E-state index contributed by atoms with van der Waals surface area (Å²) < 4.78 is 20.5. The lowest BCUT2D eigenvalue weighted by Gasteiger charge is -2.37. The minimum atomic E-state index is -0.591. The highest BCUT2D eigenvalue weighted by Gasteiger charge is 2.29. The number of pyridine rings is 1. The quantitative estimate of drug-likeness (QED) is 0.601. The largest absolute Gasteiger partial charge is 0.444 e. The molecule has 0 bridgehead atoms. The summed E-state index contributed by atoms with van der Waals surface area (Å²) >= 11 is 9.34. The van der Waals surface area contributed by atoms with E-state index in [1.165, 1.54) is 0 Å². The monoisotopic (exact) mass is 497 g/mol. The molecule has 0 saturated carbocycles. The van der Waals surface area contributed by atoms with E-state index in [1.807, 2.05) is 25.7 Å². The predicted octanol–water partition coefficient (Wildman–Crippen LogP) is 4.76. The van der Waals surface area contributed by atoms with Gasteiger partial charge in [0, 0.05) is 38.6 Å². The maximum atomic E-state index is 14.9. The van der Waals surface area contributed by atoms with Gasteiger partial charge in [-0.3, -0.25) is 0 Å². The number of aromatic nitrogens is 1. The molecule has 30 heavy (non-hydrogen) atoms. The van der Waals surface area contributed by atoms with E-state index in [2.05, 4.69) is 32.3 Å². The summed E-state index contributed by atoms with van der Waals surface area (Å²) in [4.78, 5) is 20.2. The van der Waals surface area contributed by atoms with Gasteiger partial charge in [-0.2, -0.15) is 5.26 Å². The van der Waals surface area contributed by atoms with E-state index in [9.17, 15) is 14.4 Å². The molecule has 0 radical (unpaired) electrons. The van der Waals surface area contributed by atoms with Crippen molar-refractivity contribution in [1.29, 1.82) is 5.26 Å². The Kier molecular flexibility index (Phi) is 6.29. The predicted molar refractivity (Wildman–Crippen MR) is 119 cm³/mol. The fourth-order valence-corrected chi connectivity index (χ4v) is 3.84. The minimum Gasteiger partial charge on any atom is -0.444 e. The van der Waals surface area contributed by atoms with Gasteiger partial charge in [0.05, 0.1) is 15.2 Å². The number of nitrogens with one attached hydrogen (secondary N) is 1. The third-order valence-corrected chi connectivity index (χ3v) is 5.99. The molecule has 1 N–H and O–H groups in total. The first kappa shape index (κ1) is 22.4. The number of hydrogen-bond donors (Lipinski definition) is 1. The molecule has 7 nitrogen and oxygen atoms in total. The van der Waals surface area contributed by atoms with Crippen LogP contribution in [0.1, 0.15) is 26.3 Å². The summed E-state index contributed by atoms with van der Waals surface area (Å²) in [5.41, 5.74) is 0.379. The Morgan fingerprint density at radius 2 is 2.00 bits per heavy atom. The van der Waals surface area contributed by atoms with E-state index >= 15 is 0 Å². The molecular formula is C20H22BrClFN5O2. The summed E-state index contributed by atoms with van der Waals surface area (Å²) in [7, 11) is 1.63. The van der Waals surface area contributed by atoms with Crippen molar-refractivity contribution in [3.05, 3.63) is 26.9 Å². The van der Waals surface area contributed by atoms with Crippen LogP contribution in [0.4, 0.5) is 20.7 Å². The molecule has 3 rings (SSSR count). The molecular weight excluding hydrogens is 477 g/mol. The van der Waals surface area contributed by atoms with Crippen LogP contribution in [0.3, 0.4) is 0 Å². The molecule has 1 aliphatic heterocycles. The average Bonchev–Trinajstić information content (AvgIpc) is 2.69. The fraction of sp³-hybridized carbons (Fsp3) is 0.450. The molecule has 10 heteroatoms. The number of anilines is 2. The molecule has 2 heterocycles. The second-order valence-corrected chi connectivity index (χ2v) is 9.08. The lowest BCUT2D eigenvalue weighted by atomic mass is 10.1. The van der Waals surface area contributed by atoms with Gasteiger partial charge >= 0.3 is 6.09 Å². The number of fused-ring (bicyclic) bond motifs is 1. The van der Waals surface area contributed by atoms with E-state index in [1.54, 1.807) is 18.0 Å². The summed E-state index contributed by atoms with van der Waals surface area (Å²) in [6.07, 6.45) is -0.379. The fourth-order valence-electron chi connectivity index (χ4n) is 3.34. The van der Waals surface area contributed by atoms with Crippen LogP contribution in [-0.2, 0) is 4.74 Å². The van der Waals surface area contributed by atoms with Gasteiger partial charge in [0.25, 0.3) is 0 Å². The second-order valence-electron chi connectivity index (χ2n) is 7.88. The molecule has 0 aliphatic carbocycles. The summed E-state index contributed by atoms with van der Waals surface area (Å²) in [5.74, 6) is -0.310. The van der Waals surface area contributed by atoms with Crippen molar-refractivity contribution in [2.45, 2.75) is 26.4 Å². The molecule has 160 valence electrons. The van der Waals surface area contributed by atoms with Crippen molar-refractivity contribution in [3.63, 3.8) is 0 Å². The van der Waals surface area contributed by atoms with Crippen LogP contribution in [0.5, 0.6) is 0 Å². The molecule has 2 aromatic rings. The highest BCUT2D eigenvalue weighted by atomic mass is 79.9. The van der Waals surface area contributed by atoms with E-state index in [-0.39, 0.29) is 26.9 Å². The SMILES string of the molecule is CNc1nc2c(F)c(Br)c(Cl)cc2c(N2CCN(C(=O)OC(C)(C)C)CC2)c1C#N. The van der Waals surface area contributed by atoms with Crippen LogP contribution >= 0.6 is 27.5 Å². The Balaban J connectivity index is 2.02. The van der Waals surface area contributed by atoms with Crippen molar-refractivity contribution < 1.29 is 13.9 Å². The lowest BCUT2D eigenvalue weighted by molar-refractivity contribution is 0.0240. The zero-order valence-electron chi connectivity index (χ0n) is 17.1. The van der Waals surface area contributed by atoms with Crippen LogP contribution in [0, 0.1) is 17.1 Å². The molecule has 0 atom stereocenters. The molecule has 1 amide bonds. The van der Waals surface area contributed by atoms with E-state index in [0.29, 0.717) is 42.8 Å². The van der Waals surface area contributed by atoms with Gasteiger partial charge in [-0.15, -0.1) is 0 Å². The number of nitriles is 1. The number of rotatable bonds is 2. The Hall–Kier alpha value is -2.31. The van der Waals surface area contributed by atoms with Gasteiger partial charge in [0.1, 0.15) is 28.6 Å². The number of halogens is 3. The number of benzene rings is 1. The highest BCUT2D eigenvalue weighted by molar-refractivity contribution is 9.10. The number of hydrogen-bond acceptors (Lipinski definition) is 6. The lowest BCUT2D eigenvalue weighted by Crippen LogP contribution is -2.50. The number of nitrogens with zero attached hydrogens (tertiary/aromatic N) is 4. The highest BCUT2D eigenvalue weighted by Crippen LogP contribution is 2.40. The zero-order chi connectivity index (χ0) is 22.2. The Labute approximate surface area is 187 Å². The van der Waals surface area contributed by atoms with Gasteiger partial charge in [0.2, 0.25) is 0 Å². The normalized spacial score (nSPS) is 14.6. The smallest absolute Gasteiger partial charge is 0.410 e. The minimum absolute atomic E-state index is 0.110. The summed E-state index contributed by atoms with van der Waals surface area (Å²) in [6.45, 7) is 7.17. The van der Waals surface area contributed by atoms with E-state index in [4.69, 9.17) is 16.3 Å². The molecule has 0 spiro atoms. The molecule has 1 aliphatic rings. The van der Waals surface area contributed by atoms with Crippen LogP contribution in [0.25, 0.3) is 10.9 Å². The Morgan fingerprint density at radius 3 is 2.53 bits per heavy atom. The number of ether oxygens (including phenoxy) is 1. The third kappa shape index (κ3) is 4.25. The van der Waals surface area contributed by atoms with Gasteiger partial charge in [-0.1, -0.05) is 11.6 Å². The first-order valence-corrected chi connectivity index (χ1v) is 10.6. The summed E-state index contributed by atoms with van der Waals surface area (Å²) in [5, 5.41) is 13.3. The maximum Gasteiger partial charge on any atom is 0.410 e. The van der Waals surface area contributed by atoms with Crippen molar-refractivity contribution in [1.82, 2.24) is 9.88 Å². The van der Waals surface area contributed by atoms with E-state index < -0.39 is 11.4 Å². The second kappa shape index (κ2) is 8.44. The summed E-state index contributed by atoms with van der Waals surface area (Å²) in [6, 6.07) is 3.78. The molecule has 0 unspecified atom stereocenters. The number of carbonyl (C=O) groups excluding carboxylic acids is 1. The van der Waals surface area contributed by atoms with Crippen molar-refractivity contribution in [2.24, 2.45) is 0 Å². The maximum absolute atomic E-state index is 14.9. The zero-order valence-corrected chi connectivity index (χ0v) is 19.5. The molecule has 1 aromatic carbocycles. The Morgan fingerprint density at radius 1 is 1.37 bits per heavy atom. The third-order valence-electron chi connectivity index (χ3n) is 4.69. The first-order valence-electron chi connectivity index (χ1n) is 9.39. The van der Waals surface area contributed by atoms with Crippen molar-refractivity contribution in [2.75, 3.05) is 43.4 Å². The Bertz CT molecular complexity index is 1040. The first-order chi connectivity index (χ1) is 14.1. The van der Waals surface area contributed by atoms with Crippen LogP contribution < -0.4 is 10.2 Å². The van der Waals surface area contributed by atoms with Crippen LogP contribution in [-0.4, -0.2) is 54.8 Å². The molecule has 1 saturated heterocycles. The number of carbonyl (C=O) groups is 1. The van der Waals surface area contributed by atoms with E-state index in [0.717, 1.165) is 0 Å². The number of amides is 1. The van der Waals surface area contributed by atoms with Crippen molar-refractivity contribution in [3.8, 4) is 6.07 Å². The number of piperazine rings is 1. The van der Waals surface area contributed by atoms with Crippen LogP contribution in [0.2, 0.25) is 5.02 Å². The van der Waals surface area contributed by atoms with Crippen molar-refractivity contribution >= 4 is 56.0 Å². The standard InChI is InChI=1S/C20H22BrClFN5O2/c1-20(2,3)30-19(29)28-7-5-27(6-8-28)17-11-9-13(22)14(21)15(23)16(11)26-18(25-4)12(17)10-24/h9H,5-8H2,1-4H3,(H,25,26). The van der Waals surface area contributed by atoms with Crippen LogP contribution in [0.15, 0.2) is 10.5 Å². The molecule has 1 fully saturated rings. The molecule has 1 aromatic heterocycles.